The first-order chi connectivity index (χ1) is 11.5. The van der Waals surface area contributed by atoms with Crippen molar-refractivity contribution in [1.82, 2.24) is 10.2 Å². The highest BCUT2D eigenvalue weighted by atomic mass is 16.5. The highest BCUT2D eigenvalue weighted by Crippen LogP contribution is 2.21. The Kier molecular flexibility index (Phi) is 4.81. The second-order valence-corrected chi connectivity index (χ2v) is 6.24. The quantitative estimate of drug-likeness (QED) is 0.915. The van der Waals surface area contributed by atoms with Crippen molar-refractivity contribution in [2.45, 2.75) is 32.6 Å². The Hall–Kier alpha value is -2.40. The Morgan fingerprint density at radius 2 is 1.92 bits per heavy atom. The van der Waals surface area contributed by atoms with Gasteiger partial charge in [0.15, 0.2) is 0 Å². The average molecular weight is 326 g/mol. The highest BCUT2D eigenvalue weighted by molar-refractivity contribution is 5.87. The Bertz CT molecular complexity index is 748. The summed E-state index contributed by atoms with van der Waals surface area (Å²) in [6, 6.07) is 14.0. The SMILES string of the molecule is CC(=O)N[C@H](C)C(=O)N1CC(OCc2cccc3ccccc23)C1. The summed E-state index contributed by atoms with van der Waals surface area (Å²) in [5.74, 6) is -0.254. The van der Waals surface area contributed by atoms with Crippen LogP contribution in [0, 0.1) is 0 Å². The Morgan fingerprint density at radius 1 is 1.21 bits per heavy atom. The number of benzene rings is 2. The lowest BCUT2D eigenvalue weighted by Gasteiger charge is -2.40. The van der Waals surface area contributed by atoms with Crippen LogP contribution in [0.4, 0.5) is 0 Å². The molecule has 5 nitrogen and oxygen atoms in total. The van der Waals surface area contributed by atoms with E-state index in [4.69, 9.17) is 4.74 Å². The van der Waals surface area contributed by atoms with E-state index in [1.54, 1.807) is 11.8 Å². The fourth-order valence-electron chi connectivity index (χ4n) is 2.99. The number of likely N-dealkylation sites (tertiary alicyclic amines) is 1. The molecular weight excluding hydrogens is 304 g/mol. The number of carbonyl (C=O) groups is 2. The predicted molar refractivity (Wildman–Crippen MR) is 92.4 cm³/mol. The summed E-state index contributed by atoms with van der Waals surface area (Å²) >= 11 is 0. The van der Waals surface area contributed by atoms with Crippen molar-refractivity contribution in [3.63, 3.8) is 0 Å². The third-order valence-corrected chi connectivity index (χ3v) is 4.30. The molecule has 2 aromatic rings. The zero-order valence-corrected chi connectivity index (χ0v) is 14.0. The van der Waals surface area contributed by atoms with Crippen molar-refractivity contribution in [3.05, 3.63) is 48.0 Å². The van der Waals surface area contributed by atoms with Crippen LogP contribution in [0.5, 0.6) is 0 Å². The topological polar surface area (TPSA) is 58.6 Å². The van der Waals surface area contributed by atoms with Gasteiger partial charge in [-0.3, -0.25) is 9.59 Å². The fraction of sp³-hybridized carbons (Fsp3) is 0.368. The van der Waals surface area contributed by atoms with Gasteiger partial charge in [-0.25, -0.2) is 0 Å². The lowest BCUT2D eigenvalue weighted by molar-refractivity contribution is -0.148. The molecular formula is C19H22N2O3. The summed E-state index contributed by atoms with van der Waals surface area (Å²) in [6.07, 6.45) is 0.0532. The Balaban J connectivity index is 1.51. The van der Waals surface area contributed by atoms with Crippen LogP contribution >= 0.6 is 0 Å². The van der Waals surface area contributed by atoms with Gasteiger partial charge in [0.2, 0.25) is 11.8 Å². The third kappa shape index (κ3) is 3.57. The van der Waals surface area contributed by atoms with Gasteiger partial charge in [-0.1, -0.05) is 42.5 Å². The normalized spacial score (nSPS) is 15.8. The van der Waals surface area contributed by atoms with E-state index in [0.717, 1.165) is 5.56 Å². The molecule has 1 aliphatic heterocycles. The van der Waals surface area contributed by atoms with Crippen molar-refractivity contribution in [2.24, 2.45) is 0 Å². The number of nitrogens with zero attached hydrogens (tertiary/aromatic N) is 1. The molecule has 1 atom stereocenters. The summed E-state index contributed by atoms with van der Waals surface area (Å²) in [7, 11) is 0. The molecule has 2 amide bonds. The lowest BCUT2D eigenvalue weighted by Crippen LogP contribution is -2.59. The summed E-state index contributed by atoms with van der Waals surface area (Å²) in [5, 5.41) is 5.02. The third-order valence-electron chi connectivity index (χ3n) is 4.30. The maximum atomic E-state index is 12.1. The molecule has 0 radical (unpaired) electrons. The van der Waals surface area contributed by atoms with Crippen molar-refractivity contribution in [3.8, 4) is 0 Å². The molecule has 0 aliphatic carbocycles. The van der Waals surface area contributed by atoms with E-state index >= 15 is 0 Å². The van der Waals surface area contributed by atoms with E-state index in [9.17, 15) is 9.59 Å². The van der Waals surface area contributed by atoms with Gasteiger partial charge in [0.25, 0.3) is 0 Å². The maximum Gasteiger partial charge on any atom is 0.245 e. The first-order valence-corrected chi connectivity index (χ1v) is 8.18. The standard InChI is InChI=1S/C19H22N2O3/c1-13(20-14(2)22)19(23)21-10-17(11-21)24-12-16-8-5-7-15-6-3-4-9-18(15)16/h3-9,13,17H,10-12H2,1-2H3,(H,20,22)/t13-/m1/s1. The number of hydrogen-bond acceptors (Lipinski definition) is 3. The molecule has 0 aromatic heterocycles. The molecule has 2 aromatic carbocycles. The number of rotatable bonds is 5. The van der Waals surface area contributed by atoms with Gasteiger partial charge in [-0.15, -0.1) is 0 Å². The van der Waals surface area contributed by atoms with Crippen molar-refractivity contribution < 1.29 is 14.3 Å². The van der Waals surface area contributed by atoms with Crippen LogP contribution in [0.1, 0.15) is 19.4 Å². The molecule has 1 fully saturated rings. The van der Waals surface area contributed by atoms with Gasteiger partial charge in [0, 0.05) is 20.0 Å². The first-order valence-electron chi connectivity index (χ1n) is 8.18. The summed E-state index contributed by atoms with van der Waals surface area (Å²) in [4.78, 5) is 24.8. The molecule has 1 N–H and O–H groups in total. The molecule has 24 heavy (non-hydrogen) atoms. The van der Waals surface area contributed by atoms with Gasteiger partial charge >= 0.3 is 0 Å². The minimum absolute atomic E-state index is 0.0532. The van der Waals surface area contributed by atoms with Gasteiger partial charge in [0.1, 0.15) is 6.04 Å². The molecule has 3 rings (SSSR count). The molecule has 0 unspecified atom stereocenters. The fourth-order valence-corrected chi connectivity index (χ4v) is 2.99. The minimum Gasteiger partial charge on any atom is -0.370 e. The van der Waals surface area contributed by atoms with Crippen LogP contribution in [0.15, 0.2) is 42.5 Å². The second-order valence-electron chi connectivity index (χ2n) is 6.24. The van der Waals surface area contributed by atoms with Crippen molar-refractivity contribution >= 4 is 22.6 Å². The molecule has 5 heteroatoms. The number of fused-ring (bicyclic) bond motifs is 1. The zero-order valence-electron chi connectivity index (χ0n) is 14.0. The molecule has 1 saturated heterocycles. The van der Waals surface area contributed by atoms with E-state index in [1.165, 1.54) is 17.7 Å². The van der Waals surface area contributed by atoms with E-state index in [1.807, 2.05) is 18.2 Å². The van der Waals surface area contributed by atoms with Crippen LogP contribution in [-0.4, -0.2) is 41.9 Å². The van der Waals surface area contributed by atoms with Crippen LogP contribution in [0.3, 0.4) is 0 Å². The summed E-state index contributed by atoms with van der Waals surface area (Å²) < 4.78 is 5.93. The van der Waals surface area contributed by atoms with Gasteiger partial charge in [-0.2, -0.15) is 0 Å². The average Bonchev–Trinajstić information content (AvgIpc) is 2.52. The summed E-state index contributed by atoms with van der Waals surface area (Å²) in [6.45, 7) is 4.81. The number of ether oxygens (including phenoxy) is 1. The molecule has 0 bridgehead atoms. The molecule has 126 valence electrons. The van der Waals surface area contributed by atoms with Crippen LogP contribution in [0.25, 0.3) is 10.8 Å². The highest BCUT2D eigenvalue weighted by Gasteiger charge is 2.33. The van der Waals surface area contributed by atoms with E-state index in [2.05, 4.69) is 29.6 Å². The zero-order chi connectivity index (χ0) is 17.1. The first kappa shape index (κ1) is 16.5. The van der Waals surface area contributed by atoms with E-state index in [0.29, 0.717) is 19.7 Å². The van der Waals surface area contributed by atoms with Gasteiger partial charge in [-0.05, 0) is 23.3 Å². The smallest absolute Gasteiger partial charge is 0.245 e. The lowest BCUT2D eigenvalue weighted by atomic mass is 10.0. The number of amides is 2. The molecule has 1 aliphatic rings. The predicted octanol–water partition coefficient (Wildman–Crippen LogP) is 2.09. The van der Waals surface area contributed by atoms with Crippen LogP contribution < -0.4 is 5.32 Å². The largest absolute Gasteiger partial charge is 0.370 e. The monoisotopic (exact) mass is 326 g/mol. The van der Waals surface area contributed by atoms with Gasteiger partial charge < -0.3 is 15.0 Å². The molecule has 1 heterocycles. The van der Waals surface area contributed by atoms with Crippen LogP contribution in [-0.2, 0) is 20.9 Å². The maximum absolute atomic E-state index is 12.1. The van der Waals surface area contributed by atoms with E-state index < -0.39 is 6.04 Å². The Labute approximate surface area is 141 Å². The van der Waals surface area contributed by atoms with Gasteiger partial charge in [0.05, 0.1) is 12.7 Å². The minimum atomic E-state index is -0.485. The molecule has 0 spiro atoms. The number of carbonyl (C=O) groups excluding carboxylic acids is 2. The number of hydrogen-bond donors (Lipinski definition) is 1. The second kappa shape index (κ2) is 7.01. The summed E-state index contributed by atoms with van der Waals surface area (Å²) in [5.41, 5.74) is 1.16. The number of nitrogens with one attached hydrogen (secondary N) is 1. The Morgan fingerprint density at radius 3 is 2.67 bits per heavy atom. The molecule has 0 saturated carbocycles. The van der Waals surface area contributed by atoms with E-state index in [-0.39, 0.29) is 17.9 Å². The van der Waals surface area contributed by atoms with Crippen LogP contribution in [0.2, 0.25) is 0 Å². The van der Waals surface area contributed by atoms with Crippen molar-refractivity contribution in [2.75, 3.05) is 13.1 Å². The van der Waals surface area contributed by atoms with Crippen molar-refractivity contribution in [1.29, 1.82) is 0 Å².